The Balaban J connectivity index is 1.95. The number of likely N-dealkylation sites (N-methyl/N-ethyl adjacent to an activating group) is 1. The molecule has 3 rings (SSSR count). The summed E-state index contributed by atoms with van der Waals surface area (Å²) in [5.74, 6) is -0.0570. The lowest BCUT2D eigenvalue weighted by atomic mass is 10.2. The molecular formula is C22H23ClN4O2. The average molecular weight is 411 g/mol. The summed E-state index contributed by atoms with van der Waals surface area (Å²) in [4.78, 5) is 30.2. The minimum atomic E-state index is -0.302. The van der Waals surface area contributed by atoms with Crippen LogP contribution in [0.2, 0.25) is 5.02 Å². The van der Waals surface area contributed by atoms with Gasteiger partial charge < -0.3 is 4.90 Å². The van der Waals surface area contributed by atoms with Crippen molar-refractivity contribution in [2.45, 2.75) is 20.8 Å². The van der Waals surface area contributed by atoms with Gasteiger partial charge in [0.25, 0.3) is 0 Å². The molecule has 0 saturated heterocycles. The Morgan fingerprint density at radius 1 is 1.10 bits per heavy atom. The maximum absolute atomic E-state index is 12.5. The topological polar surface area (TPSA) is 67.2 Å². The smallest absolute Gasteiger partial charge is 0.246 e. The minimum absolute atomic E-state index is 0.0249. The van der Waals surface area contributed by atoms with E-state index in [0.717, 1.165) is 16.8 Å². The number of halogens is 1. The summed E-state index contributed by atoms with van der Waals surface area (Å²) in [6.45, 7) is 5.73. The van der Waals surface area contributed by atoms with Crippen LogP contribution >= 0.6 is 11.6 Å². The lowest BCUT2D eigenvalue weighted by Gasteiger charge is -2.18. The zero-order valence-electron chi connectivity index (χ0n) is 16.6. The molecule has 150 valence electrons. The van der Waals surface area contributed by atoms with Crippen molar-refractivity contribution in [2.75, 3.05) is 18.4 Å². The number of carbonyl (C=O) groups excluding carboxylic acids is 2. The third-order valence-corrected chi connectivity index (χ3v) is 4.82. The van der Waals surface area contributed by atoms with Gasteiger partial charge in [-0.15, -0.1) is 0 Å². The number of amides is 2. The minimum Gasteiger partial charge on any atom is -0.334 e. The van der Waals surface area contributed by atoms with Crippen LogP contribution in [0, 0.1) is 6.92 Å². The second-order valence-corrected chi connectivity index (χ2v) is 7.18. The Morgan fingerprint density at radius 2 is 1.76 bits per heavy atom. The number of nitrogens with one attached hydrogen (secondary N) is 1. The number of nitrogens with zero attached hydrogens (tertiary/aromatic N) is 3. The van der Waals surface area contributed by atoms with Gasteiger partial charge in [0, 0.05) is 35.9 Å². The van der Waals surface area contributed by atoms with Gasteiger partial charge >= 0.3 is 0 Å². The van der Waals surface area contributed by atoms with Crippen LogP contribution in [-0.4, -0.2) is 39.4 Å². The van der Waals surface area contributed by atoms with Crippen LogP contribution in [0.15, 0.2) is 54.7 Å². The monoisotopic (exact) mass is 410 g/mol. The van der Waals surface area contributed by atoms with Crippen LogP contribution in [0.5, 0.6) is 0 Å². The molecule has 0 fully saturated rings. The largest absolute Gasteiger partial charge is 0.334 e. The molecule has 0 saturated carbocycles. The van der Waals surface area contributed by atoms with E-state index < -0.39 is 0 Å². The Hall–Kier alpha value is -3.12. The lowest BCUT2D eigenvalue weighted by molar-refractivity contribution is -0.132. The molecule has 29 heavy (non-hydrogen) atoms. The van der Waals surface area contributed by atoms with Gasteiger partial charge in [-0.05, 0) is 38.1 Å². The molecule has 1 N–H and O–H groups in total. The van der Waals surface area contributed by atoms with E-state index in [2.05, 4.69) is 10.3 Å². The molecule has 0 spiro atoms. The van der Waals surface area contributed by atoms with E-state index in [1.54, 1.807) is 12.1 Å². The Morgan fingerprint density at radius 3 is 2.34 bits per heavy atom. The third kappa shape index (κ3) is 5.03. The standard InChI is InChI=1S/C22H23ClN4O2/c1-4-26(16(3)28)14-21(29)25-22-24-20(17-7-9-18(23)10-8-17)13-27(22)19-11-5-15(2)6-12-19/h5-13H,4,14H2,1-3H3,(H,24,25,29). The summed E-state index contributed by atoms with van der Waals surface area (Å²) in [6.07, 6.45) is 1.87. The second kappa shape index (κ2) is 8.92. The molecule has 0 bridgehead atoms. The summed E-state index contributed by atoms with van der Waals surface area (Å²) in [5.41, 5.74) is 3.60. The Kier molecular flexibility index (Phi) is 6.34. The number of hydrogen-bond acceptors (Lipinski definition) is 3. The first-order chi connectivity index (χ1) is 13.9. The highest BCUT2D eigenvalue weighted by Gasteiger charge is 2.17. The van der Waals surface area contributed by atoms with E-state index >= 15 is 0 Å². The predicted octanol–water partition coefficient (Wildman–Crippen LogP) is 4.31. The van der Waals surface area contributed by atoms with E-state index in [0.29, 0.717) is 23.2 Å². The maximum Gasteiger partial charge on any atom is 0.246 e. The van der Waals surface area contributed by atoms with Crippen molar-refractivity contribution in [1.82, 2.24) is 14.5 Å². The fourth-order valence-electron chi connectivity index (χ4n) is 2.91. The number of carbonyl (C=O) groups is 2. The van der Waals surface area contributed by atoms with Crippen LogP contribution in [0.1, 0.15) is 19.4 Å². The lowest BCUT2D eigenvalue weighted by Crippen LogP contribution is -2.36. The summed E-state index contributed by atoms with van der Waals surface area (Å²) >= 11 is 5.99. The van der Waals surface area contributed by atoms with Crippen molar-refractivity contribution in [1.29, 1.82) is 0 Å². The van der Waals surface area contributed by atoms with Gasteiger partial charge in [-0.1, -0.05) is 41.4 Å². The molecule has 1 aromatic heterocycles. The highest BCUT2D eigenvalue weighted by atomic mass is 35.5. The summed E-state index contributed by atoms with van der Waals surface area (Å²) in [7, 11) is 0. The van der Waals surface area contributed by atoms with Crippen LogP contribution < -0.4 is 5.32 Å². The second-order valence-electron chi connectivity index (χ2n) is 6.74. The van der Waals surface area contributed by atoms with E-state index in [-0.39, 0.29) is 18.4 Å². The van der Waals surface area contributed by atoms with Gasteiger partial charge in [-0.2, -0.15) is 0 Å². The quantitative estimate of drug-likeness (QED) is 0.658. The summed E-state index contributed by atoms with van der Waals surface area (Å²) < 4.78 is 1.82. The molecular weight excluding hydrogens is 388 g/mol. The molecule has 0 aliphatic carbocycles. The molecule has 0 atom stereocenters. The molecule has 0 aliphatic rings. The first kappa shape index (κ1) is 20.6. The number of hydrogen-bond donors (Lipinski definition) is 1. The maximum atomic E-state index is 12.5. The summed E-state index contributed by atoms with van der Waals surface area (Å²) in [6, 6.07) is 15.3. The van der Waals surface area contributed by atoms with Gasteiger partial charge in [0.2, 0.25) is 17.8 Å². The van der Waals surface area contributed by atoms with Crippen molar-refractivity contribution < 1.29 is 9.59 Å². The number of aryl methyl sites for hydroxylation is 1. The first-order valence-electron chi connectivity index (χ1n) is 9.35. The number of imidazole rings is 1. The average Bonchev–Trinajstić information content (AvgIpc) is 3.10. The third-order valence-electron chi connectivity index (χ3n) is 4.57. The number of aromatic nitrogens is 2. The van der Waals surface area contributed by atoms with Crippen LogP contribution in [-0.2, 0) is 9.59 Å². The van der Waals surface area contributed by atoms with Crippen LogP contribution in [0.25, 0.3) is 16.9 Å². The SMILES string of the molecule is CCN(CC(=O)Nc1nc(-c2ccc(Cl)cc2)cn1-c1ccc(C)cc1)C(C)=O. The molecule has 6 nitrogen and oxygen atoms in total. The normalized spacial score (nSPS) is 10.6. The van der Waals surface area contributed by atoms with Crippen molar-refractivity contribution in [3.63, 3.8) is 0 Å². The molecule has 0 radical (unpaired) electrons. The van der Waals surface area contributed by atoms with Gasteiger partial charge in [0.15, 0.2) is 0 Å². The molecule has 0 unspecified atom stereocenters. The fraction of sp³-hybridized carbons (Fsp3) is 0.227. The Labute approximate surface area is 175 Å². The zero-order chi connectivity index (χ0) is 21.0. The van der Waals surface area contributed by atoms with Crippen molar-refractivity contribution in [2.24, 2.45) is 0 Å². The molecule has 2 aromatic carbocycles. The molecule has 7 heteroatoms. The van der Waals surface area contributed by atoms with Crippen molar-refractivity contribution in [3.05, 3.63) is 65.3 Å². The van der Waals surface area contributed by atoms with E-state index in [4.69, 9.17) is 11.6 Å². The van der Waals surface area contributed by atoms with Crippen molar-refractivity contribution >= 4 is 29.4 Å². The van der Waals surface area contributed by atoms with Gasteiger partial charge in [-0.25, -0.2) is 4.98 Å². The summed E-state index contributed by atoms with van der Waals surface area (Å²) in [5, 5.41) is 3.48. The number of benzene rings is 2. The highest BCUT2D eigenvalue weighted by Crippen LogP contribution is 2.25. The zero-order valence-corrected chi connectivity index (χ0v) is 17.4. The highest BCUT2D eigenvalue weighted by molar-refractivity contribution is 6.30. The van der Waals surface area contributed by atoms with E-state index in [1.165, 1.54) is 11.8 Å². The van der Waals surface area contributed by atoms with Gasteiger partial charge in [0.05, 0.1) is 12.2 Å². The number of anilines is 1. The van der Waals surface area contributed by atoms with Crippen LogP contribution in [0.3, 0.4) is 0 Å². The van der Waals surface area contributed by atoms with Crippen LogP contribution in [0.4, 0.5) is 5.95 Å². The van der Waals surface area contributed by atoms with E-state index in [9.17, 15) is 9.59 Å². The number of rotatable bonds is 6. The molecule has 2 amide bonds. The van der Waals surface area contributed by atoms with Gasteiger partial charge in [0.1, 0.15) is 0 Å². The predicted molar refractivity (Wildman–Crippen MR) is 115 cm³/mol. The fourth-order valence-corrected chi connectivity index (χ4v) is 3.04. The van der Waals surface area contributed by atoms with Gasteiger partial charge in [-0.3, -0.25) is 19.5 Å². The molecule has 0 aliphatic heterocycles. The Bertz CT molecular complexity index is 1010. The van der Waals surface area contributed by atoms with Crippen molar-refractivity contribution in [3.8, 4) is 16.9 Å². The molecule has 3 aromatic rings. The molecule has 1 heterocycles. The first-order valence-corrected chi connectivity index (χ1v) is 9.73. The van der Waals surface area contributed by atoms with E-state index in [1.807, 2.05) is 61.0 Å².